The molecule has 1 saturated heterocycles. The number of imidazole rings is 1. The van der Waals surface area contributed by atoms with Gasteiger partial charge >= 0.3 is 219 Å². The second kappa shape index (κ2) is 13.7. The van der Waals surface area contributed by atoms with Crippen LogP contribution in [0.25, 0.3) is 50.3 Å². The van der Waals surface area contributed by atoms with Crippen molar-refractivity contribution in [3.05, 3.63) is 80.3 Å². The molecule has 238 valence electrons. The average Bonchev–Trinajstić information content (AvgIpc) is 3.78. The Morgan fingerprint density at radius 3 is 2.83 bits per heavy atom. The van der Waals surface area contributed by atoms with Gasteiger partial charge in [0, 0.05) is 18.8 Å². The molecule has 5 aromatic rings. The second-order valence-electron chi connectivity index (χ2n) is 11.7. The first-order valence-electron chi connectivity index (χ1n) is 15.4. The summed E-state index contributed by atoms with van der Waals surface area (Å²) in [7, 11) is 4.01. The topological polar surface area (TPSA) is 111 Å². The average molecular weight is 733 g/mol. The predicted octanol–water partition coefficient (Wildman–Crippen LogP) is 2.63. The molecule has 0 amide bonds. The third-order valence-electron chi connectivity index (χ3n) is 8.07. The van der Waals surface area contributed by atoms with E-state index in [-0.39, 0.29) is 27.0 Å². The van der Waals surface area contributed by atoms with Crippen LogP contribution >= 0.6 is 0 Å². The van der Waals surface area contributed by atoms with E-state index in [1.54, 1.807) is 12.4 Å². The molecule has 0 bridgehead atoms. The molecular formula is C34H36FIN9O-. The monoisotopic (exact) mass is 732 g/mol. The number of likely N-dealkylation sites (N-methyl/N-ethyl adjacent to an activating group) is 1. The number of likely N-dealkylation sites (tertiary alicyclic amines) is 1. The van der Waals surface area contributed by atoms with Gasteiger partial charge in [-0.1, -0.05) is 0 Å². The van der Waals surface area contributed by atoms with E-state index in [0.717, 1.165) is 59.8 Å². The normalized spacial score (nSPS) is 15.7. The Labute approximate surface area is 277 Å². The maximum atomic E-state index is 14.7. The van der Waals surface area contributed by atoms with Crippen LogP contribution in [0.4, 0.5) is 10.1 Å². The van der Waals surface area contributed by atoms with Gasteiger partial charge in [0.05, 0.1) is 0 Å². The standard InChI is InChI=1S/C34H36FIN9O/c1-44(2)12-9-38-25-16-22(15-24(35)18-25)27-20-37-21-30-31(27)41-34(40-30)33-32-29(42-43-33)6-5-28(39-32)23-17-26(7-8-36-19-23)46-14-13-45-10-3-4-11-45/h5-8,15-21,38H,3-4,9-14H2,1-2H3,(H,40,41)(H,42,43)/q-1. The molecule has 3 N–H and O–H groups in total. The first kappa shape index (κ1) is 30.5. The number of hydrogen-bond donors (Lipinski definition) is 3. The Bertz CT molecular complexity index is 1950. The number of halogens is 2. The molecule has 10 nitrogen and oxygen atoms in total. The van der Waals surface area contributed by atoms with E-state index >= 15 is 0 Å². The van der Waals surface area contributed by atoms with Crippen LogP contribution < -0.4 is 26.5 Å². The van der Waals surface area contributed by atoms with E-state index in [0.29, 0.717) is 47.0 Å². The van der Waals surface area contributed by atoms with E-state index in [2.05, 4.69) is 55.6 Å². The number of nitrogens with one attached hydrogen (secondary N) is 3. The predicted molar refractivity (Wildman–Crippen MR) is 176 cm³/mol. The van der Waals surface area contributed by atoms with Crippen molar-refractivity contribution in [2.24, 2.45) is 0 Å². The molecule has 0 aliphatic carbocycles. The molecule has 0 spiro atoms. The zero-order chi connectivity index (χ0) is 31.5. The van der Waals surface area contributed by atoms with Crippen molar-refractivity contribution in [1.82, 2.24) is 39.9 Å². The van der Waals surface area contributed by atoms with Crippen molar-refractivity contribution in [2.45, 2.75) is 12.8 Å². The number of benzene rings is 1. The van der Waals surface area contributed by atoms with Crippen LogP contribution in [0.5, 0.6) is 0 Å². The van der Waals surface area contributed by atoms with E-state index in [1.807, 2.05) is 32.3 Å². The summed E-state index contributed by atoms with van der Waals surface area (Å²) in [6, 6.07) is 8.95. The van der Waals surface area contributed by atoms with E-state index in [1.165, 1.54) is 25.0 Å². The molecule has 6 heterocycles. The molecule has 46 heavy (non-hydrogen) atoms. The Morgan fingerprint density at radius 1 is 1.07 bits per heavy atom. The SMILES string of the molecule is CN(C)CCNc1cc(F)cc(-c2cncc3[nH]c(-c4n[nH]c5ccc(C6=C[I-]C=CC(OCCN7CCCC7)=C6)nc45)nc23)c1. The molecule has 0 saturated carbocycles. The van der Waals surface area contributed by atoms with E-state index < -0.39 is 0 Å². The number of H-pyrrole nitrogens is 2. The summed E-state index contributed by atoms with van der Waals surface area (Å²) in [5.74, 6) is 1.10. The molecule has 2 aliphatic heterocycles. The number of aromatic amines is 2. The first-order chi connectivity index (χ1) is 22.5. The zero-order valence-corrected chi connectivity index (χ0v) is 28.0. The van der Waals surface area contributed by atoms with Crippen LogP contribution in [0.15, 0.2) is 68.8 Å². The fourth-order valence-electron chi connectivity index (χ4n) is 5.71. The fourth-order valence-corrected chi connectivity index (χ4v) is 7.36. The van der Waals surface area contributed by atoms with Crippen molar-refractivity contribution in [3.8, 4) is 22.6 Å². The molecule has 2 aliphatic rings. The van der Waals surface area contributed by atoms with Gasteiger partial charge in [-0.15, -0.1) is 0 Å². The van der Waals surface area contributed by atoms with Gasteiger partial charge in [-0.05, 0) is 20.2 Å². The van der Waals surface area contributed by atoms with Crippen LogP contribution in [0.2, 0.25) is 0 Å². The maximum absolute atomic E-state index is 14.7. The van der Waals surface area contributed by atoms with Crippen LogP contribution in [0.3, 0.4) is 0 Å². The second-order valence-corrected chi connectivity index (χ2v) is 13.8. The molecular weight excluding hydrogens is 696 g/mol. The molecule has 1 fully saturated rings. The first-order valence-corrected chi connectivity index (χ1v) is 17.9. The van der Waals surface area contributed by atoms with Crippen molar-refractivity contribution in [2.75, 3.05) is 58.7 Å². The zero-order valence-electron chi connectivity index (χ0n) is 25.9. The molecule has 12 heteroatoms. The Hall–Kier alpha value is -4.14. The van der Waals surface area contributed by atoms with Gasteiger partial charge in [-0.3, -0.25) is 0 Å². The van der Waals surface area contributed by atoms with E-state index in [9.17, 15) is 4.39 Å². The summed E-state index contributed by atoms with van der Waals surface area (Å²) in [5, 5.41) is 11.0. The summed E-state index contributed by atoms with van der Waals surface area (Å²) < 4.78 is 25.4. The van der Waals surface area contributed by atoms with Gasteiger partial charge in [0.1, 0.15) is 5.82 Å². The fraction of sp³-hybridized carbons (Fsp3) is 0.294. The number of anilines is 1. The van der Waals surface area contributed by atoms with Gasteiger partial charge in [0.15, 0.2) is 0 Å². The quantitative estimate of drug-likeness (QED) is 0.178. The Balaban J connectivity index is 1.17. The minimum atomic E-state index is -0.327. The van der Waals surface area contributed by atoms with Gasteiger partial charge in [-0.25, -0.2) is 4.39 Å². The summed E-state index contributed by atoms with van der Waals surface area (Å²) in [6.45, 7) is 5.48. The third-order valence-corrected chi connectivity index (χ3v) is 9.88. The van der Waals surface area contributed by atoms with E-state index in [4.69, 9.17) is 14.7 Å². The molecule has 0 atom stereocenters. The molecule has 4 aromatic heterocycles. The number of aromatic nitrogens is 6. The Morgan fingerprint density at radius 2 is 1.96 bits per heavy atom. The number of allylic oxidation sites excluding steroid dienone is 3. The summed E-state index contributed by atoms with van der Waals surface area (Å²) in [5.41, 5.74) is 7.57. The van der Waals surface area contributed by atoms with Gasteiger partial charge < -0.3 is 10.2 Å². The van der Waals surface area contributed by atoms with Crippen LogP contribution in [-0.2, 0) is 4.74 Å². The van der Waals surface area contributed by atoms with Gasteiger partial charge in [0.25, 0.3) is 0 Å². The van der Waals surface area contributed by atoms with Crippen LogP contribution in [-0.4, -0.2) is 93.4 Å². The Kier molecular flexibility index (Phi) is 9.08. The molecule has 0 radical (unpaired) electrons. The molecule has 7 rings (SSSR count). The van der Waals surface area contributed by atoms with Crippen molar-refractivity contribution >= 4 is 33.3 Å². The van der Waals surface area contributed by atoms with Crippen molar-refractivity contribution in [3.63, 3.8) is 0 Å². The summed E-state index contributed by atoms with van der Waals surface area (Å²) in [4.78, 5) is 22.3. The molecule has 1 aromatic carbocycles. The van der Waals surface area contributed by atoms with Gasteiger partial charge in [-0.2, -0.15) is 0 Å². The summed E-state index contributed by atoms with van der Waals surface area (Å²) in [6.07, 6.45) is 10.2. The number of rotatable bonds is 11. The van der Waals surface area contributed by atoms with Crippen molar-refractivity contribution in [1.29, 1.82) is 0 Å². The number of pyridine rings is 2. The van der Waals surface area contributed by atoms with Crippen molar-refractivity contribution < 1.29 is 30.3 Å². The van der Waals surface area contributed by atoms with Gasteiger partial charge in [0.2, 0.25) is 0 Å². The van der Waals surface area contributed by atoms with Crippen LogP contribution in [0.1, 0.15) is 18.5 Å². The van der Waals surface area contributed by atoms with Crippen LogP contribution in [0, 0.1) is 5.82 Å². The minimum absolute atomic E-state index is 0.276. The number of hydrogen-bond acceptors (Lipinski definition) is 8. The number of nitrogens with zero attached hydrogens (tertiary/aromatic N) is 6. The number of ether oxygens (including phenoxy) is 1. The molecule has 0 unspecified atom stereocenters. The third kappa shape index (κ3) is 6.83. The summed E-state index contributed by atoms with van der Waals surface area (Å²) >= 11 is -0.276. The number of fused-ring (bicyclic) bond motifs is 2.